The molecule has 1 aromatic carbocycles. The number of aromatic nitrogens is 2. The summed E-state index contributed by atoms with van der Waals surface area (Å²) in [6.07, 6.45) is -8.68. The zero-order chi connectivity index (χ0) is 21.1. The third-order valence-corrected chi connectivity index (χ3v) is 3.35. The molecule has 0 unspecified atom stereocenters. The minimum atomic E-state index is -4.73. The number of amides is 1. The van der Waals surface area contributed by atoms with Crippen LogP contribution in [0.3, 0.4) is 0 Å². The fourth-order valence-corrected chi connectivity index (χ4v) is 2.18. The molecule has 0 saturated heterocycles. The maximum atomic E-state index is 12.8. The fraction of sp³-hybridized carbons (Fsp3) is 0.312. The van der Waals surface area contributed by atoms with E-state index >= 15 is 0 Å². The third kappa shape index (κ3) is 5.24. The Morgan fingerprint density at radius 2 is 1.86 bits per heavy atom. The van der Waals surface area contributed by atoms with Crippen molar-refractivity contribution in [1.29, 1.82) is 0 Å². The molecule has 1 aromatic heterocycles. The Labute approximate surface area is 154 Å². The summed E-state index contributed by atoms with van der Waals surface area (Å²) in [6, 6.07) is 3.27. The minimum Gasteiger partial charge on any atom is -0.462 e. The molecule has 0 spiro atoms. The average molecular weight is 409 g/mol. The van der Waals surface area contributed by atoms with Crippen molar-refractivity contribution in [2.75, 3.05) is 11.9 Å². The number of benzene rings is 1. The molecule has 0 saturated carbocycles. The third-order valence-electron chi connectivity index (χ3n) is 3.35. The molecule has 1 amide bonds. The Morgan fingerprint density at radius 3 is 2.43 bits per heavy atom. The molecule has 2 aromatic rings. The minimum absolute atomic E-state index is 0.0930. The average Bonchev–Trinajstić information content (AvgIpc) is 2.95. The summed E-state index contributed by atoms with van der Waals surface area (Å²) < 4.78 is 81.5. The first kappa shape index (κ1) is 21.3. The van der Waals surface area contributed by atoms with E-state index in [1.165, 1.54) is 6.92 Å². The van der Waals surface area contributed by atoms with E-state index < -0.39 is 53.3 Å². The standard InChI is InChI=1S/C16H13F6N3O3/c1-2-28-14(27)11-7-23-25(8-15(17,18)19)12(11)24-13(26)9-4-3-5-10(6-9)16(20,21)22/h3-7H,2,8H2,1H3,(H,24,26). The number of nitrogens with zero attached hydrogens (tertiary/aromatic N) is 2. The SMILES string of the molecule is CCOC(=O)c1cnn(CC(F)(F)F)c1NC(=O)c1cccc(C(F)(F)F)c1. The smallest absolute Gasteiger partial charge is 0.416 e. The summed E-state index contributed by atoms with van der Waals surface area (Å²) in [5.74, 6) is -2.84. The Morgan fingerprint density at radius 1 is 1.18 bits per heavy atom. The molecule has 0 radical (unpaired) electrons. The van der Waals surface area contributed by atoms with Crippen molar-refractivity contribution < 1.29 is 40.7 Å². The summed E-state index contributed by atoms with van der Waals surface area (Å²) in [7, 11) is 0. The zero-order valence-corrected chi connectivity index (χ0v) is 14.2. The largest absolute Gasteiger partial charge is 0.462 e. The number of hydrogen-bond donors (Lipinski definition) is 1. The molecule has 0 aliphatic carbocycles. The lowest BCUT2D eigenvalue weighted by molar-refractivity contribution is -0.142. The second-order valence-electron chi connectivity index (χ2n) is 5.43. The Balaban J connectivity index is 2.39. The van der Waals surface area contributed by atoms with Gasteiger partial charge >= 0.3 is 18.3 Å². The van der Waals surface area contributed by atoms with Crippen LogP contribution in [-0.4, -0.2) is 34.4 Å². The van der Waals surface area contributed by atoms with Gasteiger partial charge in [-0.3, -0.25) is 4.79 Å². The second kappa shape index (κ2) is 7.90. The topological polar surface area (TPSA) is 73.2 Å². The van der Waals surface area contributed by atoms with Gasteiger partial charge in [0.25, 0.3) is 5.91 Å². The van der Waals surface area contributed by atoms with E-state index in [-0.39, 0.29) is 6.61 Å². The second-order valence-corrected chi connectivity index (χ2v) is 5.43. The van der Waals surface area contributed by atoms with Crippen molar-refractivity contribution >= 4 is 17.7 Å². The lowest BCUT2D eigenvalue weighted by Gasteiger charge is -2.13. The molecule has 1 N–H and O–H groups in total. The number of carbonyl (C=O) groups excluding carboxylic acids is 2. The summed E-state index contributed by atoms with van der Waals surface area (Å²) in [5, 5.41) is 5.42. The van der Waals surface area contributed by atoms with E-state index in [1.54, 1.807) is 0 Å². The number of ether oxygens (including phenoxy) is 1. The first-order valence-electron chi connectivity index (χ1n) is 7.70. The Hall–Kier alpha value is -3.05. The molecule has 12 heteroatoms. The van der Waals surface area contributed by atoms with Gasteiger partial charge in [0.05, 0.1) is 18.4 Å². The Bertz CT molecular complexity index is 873. The number of anilines is 1. The maximum absolute atomic E-state index is 12.8. The predicted molar refractivity (Wildman–Crippen MR) is 83.6 cm³/mol. The van der Waals surface area contributed by atoms with Gasteiger partial charge in [-0.25, -0.2) is 9.48 Å². The van der Waals surface area contributed by atoms with Gasteiger partial charge in [0.1, 0.15) is 17.9 Å². The van der Waals surface area contributed by atoms with Gasteiger partial charge in [0.15, 0.2) is 0 Å². The van der Waals surface area contributed by atoms with E-state index in [1.807, 2.05) is 5.32 Å². The number of rotatable bonds is 5. The summed E-state index contributed by atoms with van der Waals surface area (Å²) >= 11 is 0. The number of hydrogen-bond acceptors (Lipinski definition) is 4. The van der Waals surface area contributed by atoms with Gasteiger partial charge in [-0.05, 0) is 25.1 Å². The molecule has 1 heterocycles. The van der Waals surface area contributed by atoms with Crippen LogP contribution in [0, 0.1) is 0 Å². The van der Waals surface area contributed by atoms with Crippen LogP contribution in [0.5, 0.6) is 0 Å². The van der Waals surface area contributed by atoms with Gasteiger partial charge in [-0.15, -0.1) is 0 Å². The van der Waals surface area contributed by atoms with Crippen LogP contribution < -0.4 is 5.32 Å². The Kier molecular flexibility index (Phi) is 6.00. The lowest BCUT2D eigenvalue weighted by atomic mass is 10.1. The molecule has 0 fully saturated rings. The van der Waals surface area contributed by atoms with Crippen molar-refractivity contribution in [1.82, 2.24) is 9.78 Å². The van der Waals surface area contributed by atoms with Gasteiger partial charge < -0.3 is 10.1 Å². The molecular formula is C16H13F6N3O3. The molecule has 0 atom stereocenters. The summed E-state index contributed by atoms with van der Waals surface area (Å²) in [5.41, 5.74) is -2.05. The summed E-state index contributed by atoms with van der Waals surface area (Å²) in [6.45, 7) is -0.270. The molecule has 6 nitrogen and oxygen atoms in total. The van der Waals surface area contributed by atoms with E-state index in [4.69, 9.17) is 0 Å². The number of carbonyl (C=O) groups is 2. The van der Waals surface area contributed by atoms with E-state index in [9.17, 15) is 35.9 Å². The van der Waals surface area contributed by atoms with Gasteiger partial charge in [0.2, 0.25) is 0 Å². The highest BCUT2D eigenvalue weighted by Gasteiger charge is 2.33. The van der Waals surface area contributed by atoms with Gasteiger partial charge in [-0.2, -0.15) is 31.4 Å². The van der Waals surface area contributed by atoms with Crippen LogP contribution in [0.2, 0.25) is 0 Å². The predicted octanol–water partition coefficient (Wildman–Crippen LogP) is 3.89. The molecule has 152 valence electrons. The highest BCUT2D eigenvalue weighted by molar-refractivity contribution is 6.07. The molecule has 28 heavy (non-hydrogen) atoms. The summed E-state index contributed by atoms with van der Waals surface area (Å²) in [4.78, 5) is 24.2. The maximum Gasteiger partial charge on any atom is 0.416 e. The molecule has 2 rings (SSSR count). The zero-order valence-electron chi connectivity index (χ0n) is 14.2. The van der Waals surface area contributed by atoms with Gasteiger partial charge in [-0.1, -0.05) is 6.07 Å². The molecular weight excluding hydrogens is 396 g/mol. The lowest BCUT2D eigenvalue weighted by Crippen LogP contribution is -2.24. The number of nitrogens with one attached hydrogen (secondary N) is 1. The quantitative estimate of drug-likeness (QED) is 0.601. The van der Waals surface area contributed by atoms with E-state index in [0.29, 0.717) is 10.7 Å². The monoisotopic (exact) mass is 409 g/mol. The number of alkyl halides is 6. The first-order valence-corrected chi connectivity index (χ1v) is 7.70. The van der Waals surface area contributed by atoms with Crippen molar-refractivity contribution in [2.24, 2.45) is 0 Å². The highest BCUT2D eigenvalue weighted by atomic mass is 19.4. The van der Waals surface area contributed by atoms with Crippen molar-refractivity contribution in [3.63, 3.8) is 0 Å². The number of esters is 1. The highest BCUT2D eigenvalue weighted by Crippen LogP contribution is 2.30. The van der Waals surface area contributed by atoms with Crippen LogP contribution in [0.4, 0.5) is 32.2 Å². The van der Waals surface area contributed by atoms with Crippen LogP contribution >= 0.6 is 0 Å². The van der Waals surface area contributed by atoms with Crippen molar-refractivity contribution in [3.05, 3.63) is 47.2 Å². The van der Waals surface area contributed by atoms with Crippen LogP contribution in [0.25, 0.3) is 0 Å². The fourth-order valence-electron chi connectivity index (χ4n) is 2.18. The van der Waals surface area contributed by atoms with E-state index in [0.717, 1.165) is 24.4 Å². The number of halogens is 6. The molecule has 0 bridgehead atoms. The van der Waals surface area contributed by atoms with Crippen LogP contribution in [0.15, 0.2) is 30.5 Å². The van der Waals surface area contributed by atoms with Crippen molar-refractivity contribution in [2.45, 2.75) is 25.8 Å². The molecule has 0 aliphatic heterocycles. The van der Waals surface area contributed by atoms with Crippen LogP contribution in [-0.2, 0) is 17.5 Å². The van der Waals surface area contributed by atoms with Crippen molar-refractivity contribution in [3.8, 4) is 0 Å². The van der Waals surface area contributed by atoms with E-state index in [2.05, 4.69) is 9.84 Å². The van der Waals surface area contributed by atoms with Gasteiger partial charge in [0, 0.05) is 5.56 Å². The normalized spacial score (nSPS) is 12.0. The first-order chi connectivity index (χ1) is 12.9. The van der Waals surface area contributed by atoms with Crippen LogP contribution in [0.1, 0.15) is 33.2 Å². The molecule has 0 aliphatic rings.